The van der Waals surface area contributed by atoms with Crippen LogP contribution in [0.1, 0.15) is 46.0 Å². The maximum absolute atomic E-state index is 12.7. The smallest absolute Gasteiger partial charge is 0.322 e. The third-order valence-corrected chi connectivity index (χ3v) is 4.99. The number of rotatable bonds is 19. The van der Waals surface area contributed by atoms with Crippen molar-refractivity contribution < 1.29 is 48.6 Å². The van der Waals surface area contributed by atoms with Crippen LogP contribution >= 0.6 is 0 Å². The number of hydrogen-bond donors (Lipinski definition) is 9. The Kier molecular flexibility index (Phi) is 16.1. The highest BCUT2D eigenvalue weighted by atomic mass is 16.4. The van der Waals surface area contributed by atoms with Crippen LogP contribution in [0.4, 0.5) is 0 Å². The van der Waals surface area contributed by atoms with Gasteiger partial charge < -0.3 is 48.3 Å². The predicted molar refractivity (Wildman–Crippen MR) is 133 cm³/mol. The Balaban J connectivity index is 5.37. The monoisotopic (exact) mass is 559 g/mol. The minimum absolute atomic E-state index is 0.0571. The molecule has 0 saturated heterocycles. The van der Waals surface area contributed by atoms with E-state index in [0.717, 1.165) is 0 Å². The number of nitrogens with one attached hydrogen (secondary N) is 5. The van der Waals surface area contributed by atoms with Gasteiger partial charge in [-0.1, -0.05) is 13.8 Å². The van der Waals surface area contributed by atoms with E-state index in [9.17, 15) is 38.4 Å². The molecule has 0 aromatic rings. The Morgan fingerprint density at radius 2 is 1.18 bits per heavy atom. The summed E-state index contributed by atoms with van der Waals surface area (Å²) in [6.45, 7) is 1.76. The Hall–Kier alpha value is -4.28. The van der Waals surface area contributed by atoms with Crippen LogP contribution < -0.4 is 38.1 Å². The van der Waals surface area contributed by atoms with E-state index in [0.29, 0.717) is 0 Å². The van der Waals surface area contributed by atoms with Gasteiger partial charge in [0.25, 0.3) is 0 Å². The zero-order valence-corrected chi connectivity index (χ0v) is 21.8. The average molecular weight is 560 g/mol. The number of carboxylic acid groups (broad SMARTS) is 2. The van der Waals surface area contributed by atoms with Gasteiger partial charge in [-0.15, -0.1) is 0 Å². The zero-order chi connectivity index (χ0) is 30.1. The molecule has 3 atom stereocenters. The first-order valence-electron chi connectivity index (χ1n) is 12.0. The highest BCUT2D eigenvalue weighted by Gasteiger charge is 2.28. The average Bonchev–Trinajstić information content (AvgIpc) is 2.84. The molecule has 220 valence electrons. The lowest BCUT2D eigenvalue weighted by Gasteiger charge is -2.23. The van der Waals surface area contributed by atoms with E-state index in [4.69, 9.17) is 21.7 Å². The molecule has 0 aliphatic carbocycles. The van der Waals surface area contributed by atoms with E-state index >= 15 is 0 Å². The summed E-state index contributed by atoms with van der Waals surface area (Å²) in [5.41, 5.74) is 10.3. The molecular weight excluding hydrogens is 522 g/mol. The molecule has 0 saturated carbocycles. The fraction of sp³-hybridized carbons (Fsp3) is 0.636. The molecule has 0 radical (unpaired) electrons. The molecule has 0 spiro atoms. The first-order valence-corrected chi connectivity index (χ1v) is 12.0. The van der Waals surface area contributed by atoms with Crippen LogP contribution in [-0.4, -0.2) is 95.4 Å². The summed E-state index contributed by atoms with van der Waals surface area (Å²) >= 11 is 0. The molecule has 0 heterocycles. The maximum Gasteiger partial charge on any atom is 0.322 e. The Morgan fingerprint density at radius 1 is 0.667 bits per heavy atom. The third-order valence-electron chi connectivity index (χ3n) is 4.99. The largest absolute Gasteiger partial charge is 0.481 e. The quantitative estimate of drug-likeness (QED) is 0.0732. The molecule has 0 fully saturated rings. The number of hydrogen-bond acceptors (Lipinski definition) is 9. The molecule has 11 N–H and O–H groups in total. The highest BCUT2D eigenvalue weighted by molar-refractivity contribution is 5.95. The van der Waals surface area contributed by atoms with Crippen LogP contribution in [0.25, 0.3) is 0 Å². The van der Waals surface area contributed by atoms with Crippen molar-refractivity contribution in [3.8, 4) is 0 Å². The topological polar surface area (TPSA) is 289 Å². The van der Waals surface area contributed by atoms with Gasteiger partial charge in [-0.25, -0.2) is 0 Å². The summed E-state index contributed by atoms with van der Waals surface area (Å²) < 4.78 is 0. The van der Waals surface area contributed by atoms with Crippen molar-refractivity contribution in [1.29, 1.82) is 0 Å². The van der Waals surface area contributed by atoms with Crippen molar-refractivity contribution in [2.24, 2.45) is 17.4 Å². The lowest BCUT2D eigenvalue weighted by molar-refractivity contribution is -0.139. The van der Waals surface area contributed by atoms with Crippen LogP contribution in [0.3, 0.4) is 0 Å². The molecule has 0 aromatic heterocycles. The van der Waals surface area contributed by atoms with Crippen molar-refractivity contribution in [3.63, 3.8) is 0 Å². The second-order valence-corrected chi connectivity index (χ2v) is 8.90. The number of primary amides is 1. The highest BCUT2D eigenvalue weighted by Crippen LogP contribution is 2.06. The van der Waals surface area contributed by atoms with E-state index < -0.39 is 91.6 Å². The molecule has 17 heteroatoms. The fourth-order valence-corrected chi connectivity index (χ4v) is 3.14. The SMILES string of the molecule is CC(C)C[C@H](NC(=O)CNC(=O)[C@H](CCC(=O)O)NC(=O)[C@H](CCC(N)=O)NC(=O)CN)C(=O)NCC(=O)O. The summed E-state index contributed by atoms with van der Waals surface area (Å²) in [4.78, 5) is 94.6. The summed E-state index contributed by atoms with van der Waals surface area (Å²) in [6, 6.07) is -3.84. The summed E-state index contributed by atoms with van der Waals surface area (Å²) in [5.74, 6) is -7.49. The van der Waals surface area contributed by atoms with Gasteiger partial charge in [-0.3, -0.25) is 38.4 Å². The normalized spacial score (nSPS) is 12.8. The van der Waals surface area contributed by atoms with Gasteiger partial charge >= 0.3 is 11.9 Å². The second kappa shape index (κ2) is 18.1. The first-order chi connectivity index (χ1) is 18.2. The van der Waals surface area contributed by atoms with Gasteiger partial charge in [0.05, 0.1) is 13.1 Å². The van der Waals surface area contributed by atoms with E-state index in [1.54, 1.807) is 13.8 Å². The van der Waals surface area contributed by atoms with Gasteiger partial charge in [-0.05, 0) is 25.2 Å². The van der Waals surface area contributed by atoms with Gasteiger partial charge in [0.2, 0.25) is 35.4 Å². The predicted octanol–water partition coefficient (Wildman–Crippen LogP) is -4.11. The second-order valence-electron chi connectivity index (χ2n) is 8.90. The molecule has 0 aliphatic heterocycles. The van der Waals surface area contributed by atoms with Crippen LogP contribution in [0.2, 0.25) is 0 Å². The first kappa shape index (κ1) is 34.7. The molecule has 0 aromatic carbocycles. The van der Waals surface area contributed by atoms with Gasteiger partial charge in [0.15, 0.2) is 0 Å². The van der Waals surface area contributed by atoms with Crippen LogP contribution in [-0.2, 0) is 38.4 Å². The Morgan fingerprint density at radius 3 is 1.69 bits per heavy atom. The number of carbonyl (C=O) groups is 8. The Labute approximate surface area is 224 Å². The fourth-order valence-electron chi connectivity index (χ4n) is 3.14. The van der Waals surface area contributed by atoms with Crippen molar-refractivity contribution >= 4 is 47.4 Å². The van der Waals surface area contributed by atoms with E-state index in [-0.39, 0.29) is 31.6 Å². The molecule has 17 nitrogen and oxygen atoms in total. The van der Waals surface area contributed by atoms with E-state index in [1.807, 2.05) is 0 Å². The zero-order valence-electron chi connectivity index (χ0n) is 21.8. The standard InChI is InChI=1S/C22H37N7O10/c1-11(2)7-14(21(38)26-10-19(35)36)28-17(32)9-25-20(37)12(4-6-18(33)34)29-22(39)13(3-5-15(24)30)27-16(31)8-23/h11-14H,3-10,23H2,1-2H3,(H2,24,30)(H,25,37)(H,26,38)(H,27,31)(H,28,32)(H,29,39)(H,33,34)(H,35,36)/t12-,13-,14-/m0/s1. The summed E-state index contributed by atoms with van der Waals surface area (Å²) in [5, 5.41) is 29.1. The van der Waals surface area contributed by atoms with E-state index in [2.05, 4.69) is 26.6 Å². The number of carboxylic acids is 2. The van der Waals surface area contributed by atoms with Crippen molar-refractivity contribution in [2.45, 2.75) is 64.1 Å². The van der Waals surface area contributed by atoms with Crippen LogP contribution in [0, 0.1) is 5.92 Å². The third kappa shape index (κ3) is 16.2. The molecule has 0 bridgehead atoms. The van der Waals surface area contributed by atoms with Crippen LogP contribution in [0.5, 0.6) is 0 Å². The minimum Gasteiger partial charge on any atom is -0.481 e. The molecular formula is C22H37N7O10. The number of nitrogens with two attached hydrogens (primary N) is 2. The maximum atomic E-state index is 12.7. The van der Waals surface area contributed by atoms with Gasteiger partial charge in [0, 0.05) is 12.8 Å². The molecule has 0 rings (SSSR count). The number of amides is 6. The van der Waals surface area contributed by atoms with Gasteiger partial charge in [0.1, 0.15) is 24.7 Å². The summed E-state index contributed by atoms with van der Waals surface area (Å²) in [7, 11) is 0. The minimum atomic E-state index is -1.45. The number of carbonyl (C=O) groups excluding carboxylic acids is 6. The molecule has 0 aliphatic rings. The van der Waals surface area contributed by atoms with Crippen LogP contribution in [0.15, 0.2) is 0 Å². The van der Waals surface area contributed by atoms with Crippen molar-refractivity contribution in [2.75, 3.05) is 19.6 Å². The number of aliphatic carboxylic acids is 2. The van der Waals surface area contributed by atoms with E-state index in [1.165, 1.54) is 0 Å². The van der Waals surface area contributed by atoms with Crippen molar-refractivity contribution in [3.05, 3.63) is 0 Å². The lowest BCUT2D eigenvalue weighted by atomic mass is 10.0. The summed E-state index contributed by atoms with van der Waals surface area (Å²) in [6.07, 6.45) is -1.25. The van der Waals surface area contributed by atoms with Crippen molar-refractivity contribution in [1.82, 2.24) is 26.6 Å². The molecule has 39 heavy (non-hydrogen) atoms. The molecule has 0 unspecified atom stereocenters. The molecule has 6 amide bonds. The van der Waals surface area contributed by atoms with Gasteiger partial charge in [-0.2, -0.15) is 0 Å². The Bertz CT molecular complexity index is 925. The lowest BCUT2D eigenvalue weighted by Crippen LogP contribution is -2.56.